The lowest BCUT2D eigenvalue weighted by atomic mass is 10.1. The van der Waals surface area contributed by atoms with Crippen LogP contribution in [0, 0.1) is 5.82 Å². The van der Waals surface area contributed by atoms with E-state index in [9.17, 15) is 17.6 Å². The second kappa shape index (κ2) is 4.32. The van der Waals surface area contributed by atoms with E-state index in [2.05, 4.69) is 5.10 Å². The number of aromatic nitrogens is 2. The number of hydrogen-bond donors (Lipinski definition) is 1. The Bertz CT molecular complexity index is 560. The first-order valence-corrected chi connectivity index (χ1v) is 5.00. The fourth-order valence-electron chi connectivity index (χ4n) is 1.61. The van der Waals surface area contributed by atoms with Gasteiger partial charge in [-0.3, -0.25) is 4.68 Å². The maximum atomic E-state index is 13.0. The summed E-state index contributed by atoms with van der Waals surface area (Å²) in [6.45, 7) is -0.191. The highest BCUT2D eigenvalue weighted by Gasteiger charge is 2.33. The number of alkyl halides is 3. The standard InChI is InChI=1S/C11H9F4N3/c12-8-1-2-10(11(13,14)15)7(3-8)5-18-6-9(16)4-17-18/h1-4,6H,5,16H2. The first-order chi connectivity index (χ1) is 8.36. The van der Waals surface area contributed by atoms with E-state index >= 15 is 0 Å². The Balaban J connectivity index is 2.39. The zero-order valence-corrected chi connectivity index (χ0v) is 9.08. The highest BCUT2D eigenvalue weighted by atomic mass is 19.4. The Kier molecular flexibility index (Phi) is 2.98. The minimum Gasteiger partial charge on any atom is -0.396 e. The van der Waals surface area contributed by atoms with Crippen LogP contribution in [0.4, 0.5) is 23.2 Å². The number of halogens is 4. The zero-order valence-electron chi connectivity index (χ0n) is 9.08. The Hall–Kier alpha value is -2.05. The number of benzene rings is 1. The summed E-state index contributed by atoms with van der Waals surface area (Å²) in [6.07, 6.45) is -1.83. The molecular formula is C11H9F4N3. The van der Waals surface area contributed by atoms with E-state index in [1.807, 2.05) is 0 Å². The predicted molar refractivity (Wildman–Crippen MR) is 57.1 cm³/mol. The van der Waals surface area contributed by atoms with Crippen molar-refractivity contribution < 1.29 is 17.6 Å². The number of nitrogens with two attached hydrogens (primary N) is 1. The Morgan fingerprint density at radius 2 is 2.00 bits per heavy atom. The minimum atomic E-state index is -4.53. The number of anilines is 1. The smallest absolute Gasteiger partial charge is 0.396 e. The van der Waals surface area contributed by atoms with Crippen molar-refractivity contribution in [2.75, 3.05) is 5.73 Å². The quantitative estimate of drug-likeness (QED) is 0.842. The van der Waals surface area contributed by atoms with Gasteiger partial charge in [0.1, 0.15) is 5.82 Å². The summed E-state index contributed by atoms with van der Waals surface area (Å²) in [5.74, 6) is -0.724. The van der Waals surface area contributed by atoms with Crippen LogP contribution in [0.3, 0.4) is 0 Å². The van der Waals surface area contributed by atoms with Crippen LogP contribution in [0.2, 0.25) is 0 Å². The van der Waals surface area contributed by atoms with Gasteiger partial charge in [-0.15, -0.1) is 0 Å². The maximum absolute atomic E-state index is 13.0. The van der Waals surface area contributed by atoms with Crippen LogP contribution in [0.5, 0.6) is 0 Å². The first kappa shape index (κ1) is 12.4. The van der Waals surface area contributed by atoms with Crippen molar-refractivity contribution in [2.45, 2.75) is 12.7 Å². The topological polar surface area (TPSA) is 43.8 Å². The molecular weight excluding hydrogens is 250 g/mol. The third-order valence-electron chi connectivity index (χ3n) is 2.36. The van der Waals surface area contributed by atoms with E-state index in [0.717, 1.165) is 18.2 Å². The molecule has 0 saturated heterocycles. The van der Waals surface area contributed by atoms with Crippen LogP contribution in [0.1, 0.15) is 11.1 Å². The number of nitrogens with zero attached hydrogens (tertiary/aromatic N) is 2. The Morgan fingerprint density at radius 3 is 2.56 bits per heavy atom. The van der Waals surface area contributed by atoms with Gasteiger partial charge in [0.2, 0.25) is 0 Å². The summed E-state index contributed by atoms with van der Waals surface area (Å²) in [5, 5.41) is 3.77. The van der Waals surface area contributed by atoms with Crippen molar-refractivity contribution >= 4 is 5.69 Å². The van der Waals surface area contributed by atoms with Crippen molar-refractivity contribution in [3.05, 3.63) is 47.5 Å². The zero-order chi connectivity index (χ0) is 13.3. The van der Waals surface area contributed by atoms with E-state index in [1.54, 1.807) is 0 Å². The molecule has 96 valence electrons. The fraction of sp³-hybridized carbons (Fsp3) is 0.182. The summed E-state index contributed by atoms with van der Waals surface area (Å²) >= 11 is 0. The minimum absolute atomic E-state index is 0.189. The summed E-state index contributed by atoms with van der Waals surface area (Å²) in [7, 11) is 0. The molecule has 0 radical (unpaired) electrons. The van der Waals surface area contributed by atoms with Gasteiger partial charge in [-0.2, -0.15) is 18.3 Å². The molecule has 0 aliphatic rings. The molecule has 18 heavy (non-hydrogen) atoms. The van der Waals surface area contributed by atoms with Gasteiger partial charge < -0.3 is 5.73 Å². The van der Waals surface area contributed by atoms with Gasteiger partial charge in [0.15, 0.2) is 0 Å². The lowest BCUT2D eigenvalue weighted by Crippen LogP contribution is -2.12. The third kappa shape index (κ3) is 2.61. The number of hydrogen-bond acceptors (Lipinski definition) is 2. The molecule has 7 heteroatoms. The van der Waals surface area contributed by atoms with Crippen molar-refractivity contribution in [3.63, 3.8) is 0 Å². The molecule has 0 fully saturated rings. The van der Waals surface area contributed by atoms with Crippen LogP contribution in [0.25, 0.3) is 0 Å². The van der Waals surface area contributed by atoms with Crippen molar-refractivity contribution in [3.8, 4) is 0 Å². The second-order valence-electron chi connectivity index (χ2n) is 3.77. The summed E-state index contributed by atoms with van der Waals surface area (Å²) < 4.78 is 52.4. The van der Waals surface area contributed by atoms with Crippen LogP contribution in [-0.4, -0.2) is 9.78 Å². The van der Waals surface area contributed by atoms with Gasteiger partial charge in [0.05, 0.1) is 24.0 Å². The van der Waals surface area contributed by atoms with Crippen LogP contribution < -0.4 is 5.73 Å². The maximum Gasteiger partial charge on any atom is 0.416 e. The van der Waals surface area contributed by atoms with Crippen molar-refractivity contribution in [1.29, 1.82) is 0 Å². The van der Waals surface area contributed by atoms with E-state index < -0.39 is 17.6 Å². The molecule has 2 N–H and O–H groups in total. The largest absolute Gasteiger partial charge is 0.416 e. The average Bonchev–Trinajstić information content (AvgIpc) is 2.62. The predicted octanol–water partition coefficient (Wildman–Crippen LogP) is 2.67. The molecule has 2 aromatic rings. The SMILES string of the molecule is Nc1cnn(Cc2cc(F)ccc2C(F)(F)F)c1. The Morgan fingerprint density at radius 1 is 1.28 bits per heavy atom. The van der Waals surface area contributed by atoms with Crippen LogP contribution >= 0.6 is 0 Å². The van der Waals surface area contributed by atoms with Crippen molar-refractivity contribution in [1.82, 2.24) is 9.78 Å². The molecule has 0 aliphatic heterocycles. The molecule has 1 aromatic carbocycles. The summed E-state index contributed by atoms with van der Waals surface area (Å²) in [4.78, 5) is 0. The fourth-order valence-corrected chi connectivity index (χ4v) is 1.61. The van der Waals surface area contributed by atoms with Crippen LogP contribution in [-0.2, 0) is 12.7 Å². The highest BCUT2D eigenvalue weighted by Crippen LogP contribution is 2.32. The molecule has 0 atom stereocenters. The number of rotatable bonds is 2. The molecule has 3 nitrogen and oxygen atoms in total. The second-order valence-corrected chi connectivity index (χ2v) is 3.77. The molecule has 0 bridgehead atoms. The number of nitrogen functional groups attached to an aromatic ring is 1. The Labute approximate surface area is 99.8 Å². The molecule has 0 spiro atoms. The van der Waals surface area contributed by atoms with E-state index in [4.69, 9.17) is 5.73 Å². The average molecular weight is 259 g/mol. The third-order valence-corrected chi connectivity index (χ3v) is 2.36. The molecule has 0 saturated carbocycles. The van der Waals surface area contributed by atoms with Gasteiger partial charge >= 0.3 is 6.18 Å². The van der Waals surface area contributed by atoms with Gasteiger partial charge in [-0.1, -0.05) is 0 Å². The van der Waals surface area contributed by atoms with E-state index in [-0.39, 0.29) is 12.1 Å². The normalized spacial score (nSPS) is 11.8. The lowest BCUT2D eigenvalue weighted by molar-refractivity contribution is -0.138. The van der Waals surface area contributed by atoms with E-state index in [1.165, 1.54) is 17.1 Å². The molecule has 0 amide bonds. The van der Waals surface area contributed by atoms with Crippen molar-refractivity contribution in [2.24, 2.45) is 0 Å². The molecule has 0 aliphatic carbocycles. The van der Waals surface area contributed by atoms with Gasteiger partial charge in [0.25, 0.3) is 0 Å². The van der Waals surface area contributed by atoms with Crippen LogP contribution in [0.15, 0.2) is 30.6 Å². The molecule has 2 rings (SSSR count). The lowest BCUT2D eigenvalue weighted by Gasteiger charge is -2.12. The molecule has 1 aromatic heterocycles. The monoisotopic (exact) mass is 259 g/mol. The van der Waals surface area contributed by atoms with Gasteiger partial charge in [-0.25, -0.2) is 4.39 Å². The van der Waals surface area contributed by atoms with Gasteiger partial charge in [0, 0.05) is 6.20 Å². The van der Waals surface area contributed by atoms with E-state index in [0.29, 0.717) is 5.69 Å². The van der Waals surface area contributed by atoms with Gasteiger partial charge in [-0.05, 0) is 23.8 Å². The first-order valence-electron chi connectivity index (χ1n) is 5.00. The summed E-state index contributed by atoms with van der Waals surface area (Å²) in [6, 6.07) is 2.35. The summed E-state index contributed by atoms with van der Waals surface area (Å²) in [5.41, 5.74) is 4.67. The molecule has 1 heterocycles. The highest BCUT2D eigenvalue weighted by molar-refractivity contribution is 5.33. The molecule has 0 unspecified atom stereocenters.